The van der Waals surface area contributed by atoms with Crippen molar-refractivity contribution >= 4 is 39.5 Å². The molecule has 13 heavy (non-hydrogen) atoms. The second-order valence-electron chi connectivity index (χ2n) is 2.67. The lowest BCUT2D eigenvalue weighted by molar-refractivity contribution is 0.109. The number of benzene rings is 1. The Morgan fingerprint density at radius 3 is 3.00 bits per heavy atom. The molecule has 0 atom stereocenters. The fourth-order valence-electron chi connectivity index (χ4n) is 1.15. The first-order valence-electron chi connectivity index (χ1n) is 3.63. The Morgan fingerprint density at radius 2 is 2.31 bits per heavy atom. The first-order valence-corrected chi connectivity index (χ1v) is 4.81. The van der Waals surface area contributed by atoms with E-state index < -0.39 is 0 Å². The maximum absolute atomic E-state index is 11.0. The summed E-state index contributed by atoms with van der Waals surface area (Å²) in [6, 6.07) is 3.57. The minimum Gasteiger partial charge on any atom is -0.737 e. The third-order valence-corrected chi connectivity index (χ3v) is 2.81. The molecule has 0 spiro atoms. The van der Waals surface area contributed by atoms with Crippen LogP contribution in [0.5, 0.6) is 0 Å². The molecule has 0 aliphatic heterocycles. The summed E-state index contributed by atoms with van der Waals surface area (Å²) in [6.45, 7) is 1.93. The predicted molar refractivity (Wildman–Crippen MR) is 53.8 cm³/mol. The van der Waals surface area contributed by atoms with E-state index in [0.29, 0.717) is 5.56 Å². The van der Waals surface area contributed by atoms with Gasteiger partial charge in [0.15, 0.2) is 0 Å². The van der Waals surface area contributed by atoms with Crippen LogP contribution in [0.25, 0.3) is 10.2 Å². The number of aromatic nitrogens is 2. The lowest BCUT2D eigenvalue weighted by atomic mass is 10.1. The summed E-state index contributed by atoms with van der Waals surface area (Å²) in [5.74, 6) is 0. The van der Waals surface area contributed by atoms with Gasteiger partial charge in [-0.3, -0.25) is 0 Å². The van der Waals surface area contributed by atoms with Crippen molar-refractivity contribution in [3.63, 3.8) is 0 Å². The molecule has 0 bridgehead atoms. The summed E-state index contributed by atoms with van der Waals surface area (Å²) in [6.07, 6.45) is 0. The lowest BCUT2D eigenvalue weighted by Gasteiger charge is -2.04. The number of carbonyl (C=O) groups is 1. The molecule has 1 heterocycles. The molecule has 0 N–H and O–H groups in total. The van der Waals surface area contributed by atoms with Crippen molar-refractivity contribution in [2.45, 2.75) is 6.92 Å². The molecule has 0 amide bonds. The molecular weight excluding hydrogens is 204 g/mol. The van der Waals surface area contributed by atoms with Crippen molar-refractivity contribution < 1.29 is 4.79 Å². The highest BCUT2D eigenvalue weighted by molar-refractivity contribution is 7.78. The molecule has 0 fully saturated rings. The number of hydrogen-bond acceptors (Lipinski definition) is 5. The van der Waals surface area contributed by atoms with Crippen molar-refractivity contribution in [1.82, 2.24) is 9.59 Å². The molecule has 66 valence electrons. The van der Waals surface area contributed by atoms with Gasteiger partial charge in [0.2, 0.25) is 0 Å². The Hall–Kier alpha value is -1.07. The zero-order chi connectivity index (χ0) is 9.42. The van der Waals surface area contributed by atoms with E-state index in [2.05, 4.69) is 22.2 Å². The molecule has 0 aliphatic rings. The average molecular weight is 209 g/mol. The second kappa shape index (κ2) is 3.01. The van der Waals surface area contributed by atoms with Gasteiger partial charge < -0.3 is 17.4 Å². The van der Waals surface area contributed by atoms with E-state index in [1.165, 1.54) is 11.5 Å². The molecule has 0 radical (unpaired) electrons. The van der Waals surface area contributed by atoms with Gasteiger partial charge in [-0.25, -0.2) is 0 Å². The van der Waals surface area contributed by atoms with Gasteiger partial charge in [-0.2, -0.15) is 0 Å². The molecule has 0 unspecified atom stereocenters. The van der Waals surface area contributed by atoms with E-state index in [1.807, 2.05) is 13.0 Å². The summed E-state index contributed by atoms with van der Waals surface area (Å²) >= 11 is 5.80. The number of nitrogens with zero attached hydrogens (tertiary/aromatic N) is 2. The maximum Gasteiger partial charge on any atom is 0.109 e. The number of aryl methyl sites for hydroxylation is 1. The average Bonchev–Trinajstić information content (AvgIpc) is 2.53. The van der Waals surface area contributed by atoms with Gasteiger partial charge in [-0.05, 0) is 24.0 Å². The Morgan fingerprint density at radius 1 is 1.54 bits per heavy atom. The molecule has 2 aromatic rings. The van der Waals surface area contributed by atoms with E-state index in [4.69, 9.17) is 0 Å². The highest BCUT2D eigenvalue weighted by Crippen LogP contribution is 2.23. The molecule has 0 saturated carbocycles. The van der Waals surface area contributed by atoms with E-state index in [0.717, 1.165) is 15.8 Å². The molecule has 2 rings (SSSR count). The number of rotatable bonds is 1. The largest absolute Gasteiger partial charge is 0.737 e. The van der Waals surface area contributed by atoms with Gasteiger partial charge in [0.1, 0.15) is 5.52 Å². The second-order valence-corrected chi connectivity index (χ2v) is 3.79. The van der Waals surface area contributed by atoms with Crippen LogP contribution in [0.15, 0.2) is 12.1 Å². The van der Waals surface area contributed by atoms with Crippen LogP contribution in [0, 0.1) is 6.92 Å². The highest BCUT2D eigenvalue weighted by Gasteiger charge is 2.07. The smallest absolute Gasteiger partial charge is 0.109 e. The van der Waals surface area contributed by atoms with E-state index in [9.17, 15) is 4.79 Å². The Labute approximate surface area is 84.3 Å². The fourth-order valence-corrected chi connectivity index (χ4v) is 2.14. The first-order chi connectivity index (χ1) is 6.20. The summed E-state index contributed by atoms with van der Waals surface area (Å²) in [5, 5.41) is 3.58. The van der Waals surface area contributed by atoms with Crippen LogP contribution in [0.2, 0.25) is 0 Å². The SMILES string of the molecule is Cc1ccc(C(=O)[S-])c2snnc12. The number of fused-ring (bicyclic) bond motifs is 1. The van der Waals surface area contributed by atoms with Crippen molar-refractivity contribution in [2.75, 3.05) is 0 Å². The monoisotopic (exact) mass is 209 g/mol. The number of carbonyl (C=O) groups excluding carboxylic acids is 1. The zero-order valence-electron chi connectivity index (χ0n) is 6.77. The molecule has 5 heteroatoms. The Kier molecular flexibility index (Phi) is 1.97. The summed E-state index contributed by atoms with van der Waals surface area (Å²) in [4.78, 5) is 11.0. The van der Waals surface area contributed by atoms with Gasteiger partial charge in [-0.15, -0.1) is 5.10 Å². The van der Waals surface area contributed by atoms with Gasteiger partial charge in [0.05, 0.1) is 4.70 Å². The van der Waals surface area contributed by atoms with Crippen LogP contribution in [0.4, 0.5) is 0 Å². The van der Waals surface area contributed by atoms with Crippen molar-refractivity contribution in [1.29, 1.82) is 0 Å². The van der Waals surface area contributed by atoms with Crippen LogP contribution in [0.3, 0.4) is 0 Å². The summed E-state index contributed by atoms with van der Waals surface area (Å²) in [5.41, 5.74) is 2.33. The molecule has 3 nitrogen and oxygen atoms in total. The third-order valence-electron chi connectivity index (χ3n) is 1.83. The van der Waals surface area contributed by atoms with Crippen LogP contribution in [-0.2, 0) is 12.6 Å². The molecular formula is C8H5N2OS2-. The standard InChI is InChI=1S/C8H6N2OS2/c1-4-2-3-5(8(11)12)7-6(4)9-10-13-7/h2-3H,1H3,(H,11,12)/p-1. The predicted octanol–water partition coefficient (Wildman–Crippen LogP) is 1.69. The van der Waals surface area contributed by atoms with E-state index >= 15 is 0 Å². The molecule has 0 saturated heterocycles. The van der Waals surface area contributed by atoms with Crippen LogP contribution in [-0.4, -0.2) is 14.7 Å². The minimum atomic E-state index is -0.351. The van der Waals surface area contributed by atoms with Gasteiger partial charge in [0.25, 0.3) is 0 Å². The van der Waals surface area contributed by atoms with E-state index in [1.54, 1.807) is 6.07 Å². The fraction of sp³-hybridized carbons (Fsp3) is 0.125. The van der Waals surface area contributed by atoms with Gasteiger partial charge in [-0.1, -0.05) is 16.6 Å². The maximum atomic E-state index is 11.0. The molecule has 1 aromatic heterocycles. The minimum absolute atomic E-state index is 0.351. The van der Waals surface area contributed by atoms with Gasteiger partial charge >= 0.3 is 0 Å². The van der Waals surface area contributed by atoms with Crippen molar-refractivity contribution in [3.8, 4) is 0 Å². The van der Waals surface area contributed by atoms with Crippen LogP contribution in [0.1, 0.15) is 15.9 Å². The molecule has 0 aliphatic carbocycles. The van der Waals surface area contributed by atoms with Crippen molar-refractivity contribution in [3.05, 3.63) is 23.3 Å². The Bertz CT molecular complexity index is 478. The quantitative estimate of drug-likeness (QED) is 0.670. The number of hydrogen-bond donors (Lipinski definition) is 0. The lowest BCUT2D eigenvalue weighted by Crippen LogP contribution is -1.93. The highest BCUT2D eigenvalue weighted by atomic mass is 32.1. The van der Waals surface area contributed by atoms with Crippen molar-refractivity contribution in [2.24, 2.45) is 0 Å². The molecule has 1 aromatic carbocycles. The topological polar surface area (TPSA) is 42.9 Å². The summed E-state index contributed by atoms with van der Waals surface area (Å²) < 4.78 is 4.59. The van der Waals surface area contributed by atoms with Crippen LogP contribution < -0.4 is 0 Å². The van der Waals surface area contributed by atoms with Gasteiger partial charge in [0, 0.05) is 10.7 Å². The normalized spacial score (nSPS) is 10.5. The zero-order valence-corrected chi connectivity index (χ0v) is 8.41. The van der Waals surface area contributed by atoms with Crippen LogP contribution >= 0.6 is 11.5 Å². The van der Waals surface area contributed by atoms with E-state index in [-0.39, 0.29) is 5.12 Å². The third kappa shape index (κ3) is 1.30. The Balaban J connectivity index is 2.86. The summed E-state index contributed by atoms with van der Waals surface area (Å²) in [7, 11) is 0. The first kappa shape index (κ1) is 8.52.